The molecule has 0 saturated heterocycles. The summed E-state index contributed by atoms with van der Waals surface area (Å²) < 4.78 is 0. The van der Waals surface area contributed by atoms with Crippen LogP contribution in [-0.4, -0.2) is 4.98 Å². The van der Waals surface area contributed by atoms with Gasteiger partial charge in [-0.2, -0.15) is 0 Å². The molecule has 0 fully saturated rings. The fraction of sp³-hybridized carbons (Fsp3) is 0. The molecule has 3 rings (SSSR count). The van der Waals surface area contributed by atoms with Crippen LogP contribution >= 0.6 is 11.6 Å². The third-order valence-electron chi connectivity index (χ3n) is 2.83. The molecule has 1 heterocycles. The van der Waals surface area contributed by atoms with Gasteiger partial charge in [0.05, 0.1) is 0 Å². The molecule has 0 bridgehead atoms. The van der Waals surface area contributed by atoms with E-state index < -0.39 is 0 Å². The highest BCUT2D eigenvalue weighted by Crippen LogP contribution is 2.29. The molecule has 0 radical (unpaired) electrons. The van der Waals surface area contributed by atoms with Crippen molar-refractivity contribution in [3.8, 4) is 11.3 Å². The van der Waals surface area contributed by atoms with Crippen LogP contribution in [0.4, 0.5) is 5.69 Å². The van der Waals surface area contributed by atoms with Crippen molar-refractivity contribution in [3.63, 3.8) is 0 Å². The number of fused-ring (bicyclic) bond motifs is 1. The molecule has 0 aliphatic rings. The number of nitrogens with two attached hydrogens (primary N) is 1. The summed E-state index contributed by atoms with van der Waals surface area (Å²) in [6.45, 7) is 0. The Labute approximate surface area is 104 Å². The van der Waals surface area contributed by atoms with Gasteiger partial charge in [0, 0.05) is 27.3 Å². The highest BCUT2D eigenvalue weighted by atomic mass is 35.5. The Bertz CT molecular complexity index is 668. The maximum Gasteiger partial charge on any atom is 0.0500 e. The number of rotatable bonds is 1. The summed E-state index contributed by atoms with van der Waals surface area (Å²) in [7, 11) is 0. The van der Waals surface area contributed by atoms with Gasteiger partial charge >= 0.3 is 0 Å². The van der Waals surface area contributed by atoms with E-state index in [9.17, 15) is 0 Å². The lowest BCUT2D eigenvalue weighted by Gasteiger charge is -1.97. The second kappa shape index (κ2) is 3.82. The van der Waals surface area contributed by atoms with Gasteiger partial charge < -0.3 is 10.7 Å². The summed E-state index contributed by atoms with van der Waals surface area (Å²) >= 11 is 6.14. The van der Waals surface area contributed by atoms with Crippen LogP contribution in [0.5, 0.6) is 0 Å². The first-order valence-corrected chi connectivity index (χ1v) is 5.75. The summed E-state index contributed by atoms with van der Waals surface area (Å²) in [6.07, 6.45) is 0. The van der Waals surface area contributed by atoms with Crippen molar-refractivity contribution in [2.45, 2.75) is 0 Å². The Morgan fingerprint density at radius 1 is 1.00 bits per heavy atom. The van der Waals surface area contributed by atoms with Crippen molar-refractivity contribution in [1.29, 1.82) is 0 Å². The lowest BCUT2D eigenvalue weighted by atomic mass is 10.1. The Morgan fingerprint density at radius 2 is 1.76 bits per heavy atom. The SMILES string of the molecule is Nc1ccc(-c2cc3c(Cl)cccc3[nH]2)cc1. The molecular formula is C14H11ClN2. The normalized spacial score (nSPS) is 10.9. The van der Waals surface area contributed by atoms with E-state index in [0.29, 0.717) is 0 Å². The van der Waals surface area contributed by atoms with Crippen molar-refractivity contribution in [2.24, 2.45) is 0 Å². The molecule has 1 aromatic heterocycles. The molecule has 3 heteroatoms. The largest absolute Gasteiger partial charge is 0.399 e. The van der Waals surface area contributed by atoms with E-state index in [0.717, 1.165) is 32.9 Å². The van der Waals surface area contributed by atoms with Crippen molar-refractivity contribution in [3.05, 3.63) is 53.6 Å². The maximum absolute atomic E-state index is 6.14. The number of hydrogen-bond donors (Lipinski definition) is 2. The Balaban J connectivity index is 2.18. The number of H-pyrrole nitrogens is 1. The van der Waals surface area contributed by atoms with Gasteiger partial charge in [-0.3, -0.25) is 0 Å². The van der Waals surface area contributed by atoms with Gasteiger partial charge in [-0.15, -0.1) is 0 Å². The van der Waals surface area contributed by atoms with Crippen LogP contribution in [-0.2, 0) is 0 Å². The number of nitrogens with one attached hydrogen (secondary N) is 1. The zero-order valence-corrected chi connectivity index (χ0v) is 9.83. The van der Waals surface area contributed by atoms with E-state index in [1.807, 2.05) is 42.5 Å². The van der Waals surface area contributed by atoms with Gasteiger partial charge in [-0.05, 0) is 35.9 Å². The minimum Gasteiger partial charge on any atom is -0.399 e. The lowest BCUT2D eigenvalue weighted by Crippen LogP contribution is -1.83. The molecule has 0 unspecified atom stereocenters. The maximum atomic E-state index is 6.14. The Morgan fingerprint density at radius 3 is 2.47 bits per heavy atom. The molecule has 0 aliphatic carbocycles. The van der Waals surface area contributed by atoms with E-state index in [1.54, 1.807) is 0 Å². The Hall–Kier alpha value is -1.93. The van der Waals surface area contributed by atoms with Crippen LogP contribution in [0.15, 0.2) is 48.5 Å². The summed E-state index contributed by atoms with van der Waals surface area (Å²) in [5, 5.41) is 1.81. The van der Waals surface area contributed by atoms with Gasteiger partial charge in [-0.25, -0.2) is 0 Å². The molecule has 0 amide bonds. The third kappa shape index (κ3) is 1.77. The number of aromatic nitrogens is 1. The topological polar surface area (TPSA) is 41.8 Å². The quantitative estimate of drug-likeness (QED) is 0.621. The van der Waals surface area contributed by atoms with Gasteiger partial charge in [0.1, 0.15) is 0 Å². The van der Waals surface area contributed by atoms with E-state index >= 15 is 0 Å². The summed E-state index contributed by atoms with van der Waals surface area (Å²) in [5.41, 5.74) is 9.64. The average molecular weight is 243 g/mol. The first-order valence-electron chi connectivity index (χ1n) is 5.37. The van der Waals surface area contributed by atoms with Crippen molar-refractivity contribution in [1.82, 2.24) is 4.98 Å². The van der Waals surface area contributed by atoms with Crippen LogP contribution in [0.1, 0.15) is 0 Å². The number of hydrogen-bond acceptors (Lipinski definition) is 1. The smallest absolute Gasteiger partial charge is 0.0500 e. The van der Waals surface area contributed by atoms with Gasteiger partial charge in [0.2, 0.25) is 0 Å². The summed E-state index contributed by atoms with van der Waals surface area (Å²) in [5.74, 6) is 0. The van der Waals surface area contributed by atoms with E-state index in [2.05, 4.69) is 11.1 Å². The van der Waals surface area contributed by atoms with Crippen LogP contribution in [0, 0.1) is 0 Å². The fourth-order valence-electron chi connectivity index (χ4n) is 1.94. The lowest BCUT2D eigenvalue weighted by molar-refractivity contribution is 1.45. The number of nitrogen functional groups attached to an aromatic ring is 1. The summed E-state index contributed by atoms with van der Waals surface area (Å²) in [6, 6.07) is 15.7. The molecule has 84 valence electrons. The van der Waals surface area contributed by atoms with Crippen molar-refractivity contribution < 1.29 is 0 Å². The molecule has 0 saturated carbocycles. The molecular weight excluding hydrogens is 232 g/mol. The van der Waals surface area contributed by atoms with Crippen LogP contribution in [0.3, 0.4) is 0 Å². The average Bonchev–Trinajstić information content (AvgIpc) is 2.75. The first-order chi connectivity index (χ1) is 8.24. The fourth-order valence-corrected chi connectivity index (χ4v) is 2.17. The molecule has 3 N–H and O–H groups in total. The molecule has 0 atom stereocenters. The molecule has 0 aliphatic heterocycles. The van der Waals surface area contributed by atoms with Crippen molar-refractivity contribution >= 4 is 28.2 Å². The number of halogens is 1. The molecule has 2 aromatic carbocycles. The third-order valence-corrected chi connectivity index (χ3v) is 3.16. The standard InChI is InChI=1S/C14H11ClN2/c15-12-2-1-3-13-11(12)8-14(17-13)9-4-6-10(16)7-5-9/h1-8,17H,16H2. The first kappa shape index (κ1) is 10.2. The predicted molar refractivity (Wildman–Crippen MR) is 73.2 cm³/mol. The molecule has 0 spiro atoms. The molecule has 2 nitrogen and oxygen atoms in total. The van der Waals surface area contributed by atoms with Gasteiger partial charge in [-0.1, -0.05) is 29.8 Å². The number of aromatic amines is 1. The van der Waals surface area contributed by atoms with Gasteiger partial charge in [0.15, 0.2) is 0 Å². The van der Waals surface area contributed by atoms with Crippen LogP contribution < -0.4 is 5.73 Å². The van der Waals surface area contributed by atoms with Crippen LogP contribution in [0.25, 0.3) is 22.2 Å². The van der Waals surface area contributed by atoms with E-state index in [1.165, 1.54) is 0 Å². The highest BCUT2D eigenvalue weighted by molar-refractivity contribution is 6.35. The van der Waals surface area contributed by atoms with E-state index in [-0.39, 0.29) is 0 Å². The molecule has 3 aromatic rings. The monoisotopic (exact) mass is 242 g/mol. The zero-order chi connectivity index (χ0) is 11.8. The van der Waals surface area contributed by atoms with Crippen molar-refractivity contribution in [2.75, 3.05) is 5.73 Å². The summed E-state index contributed by atoms with van der Waals surface area (Å²) in [4.78, 5) is 3.35. The highest BCUT2D eigenvalue weighted by Gasteiger charge is 2.05. The minimum atomic E-state index is 0.764. The second-order valence-corrected chi connectivity index (χ2v) is 4.41. The van der Waals surface area contributed by atoms with Crippen LogP contribution in [0.2, 0.25) is 5.02 Å². The second-order valence-electron chi connectivity index (χ2n) is 4.01. The minimum absolute atomic E-state index is 0.764. The van der Waals surface area contributed by atoms with E-state index in [4.69, 9.17) is 17.3 Å². The Kier molecular flexibility index (Phi) is 2.30. The number of anilines is 1. The zero-order valence-electron chi connectivity index (χ0n) is 9.07. The predicted octanol–water partition coefficient (Wildman–Crippen LogP) is 4.07. The van der Waals surface area contributed by atoms with Gasteiger partial charge in [0.25, 0.3) is 0 Å². The molecule has 17 heavy (non-hydrogen) atoms. The number of benzene rings is 2.